The number of sulfonamides is 1. The molecule has 0 amide bonds. The Balaban J connectivity index is 0.000000196. The Bertz CT molecular complexity index is 1850. The molecule has 4 unspecified atom stereocenters. The summed E-state index contributed by atoms with van der Waals surface area (Å²) in [5.74, 6) is 3.01. The van der Waals surface area contributed by atoms with Gasteiger partial charge in [-0.25, -0.2) is 8.42 Å². The molecule has 4 fully saturated rings. The first-order valence-electron chi connectivity index (χ1n) is 18.5. The summed E-state index contributed by atoms with van der Waals surface area (Å²) in [4.78, 5) is 5.25. The van der Waals surface area contributed by atoms with Gasteiger partial charge in [0.2, 0.25) is 10.0 Å². The molecule has 2 aliphatic carbocycles. The highest BCUT2D eigenvalue weighted by atomic mass is 35.5. The van der Waals surface area contributed by atoms with E-state index in [0.29, 0.717) is 22.9 Å². The van der Waals surface area contributed by atoms with Crippen molar-refractivity contribution in [3.05, 3.63) is 131 Å². The molecule has 3 N–H and O–H groups in total. The Hall–Kier alpha value is -3.36. The summed E-state index contributed by atoms with van der Waals surface area (Å²) in [6.07, 6.45) is 6.00. The van der Waals surface area contributed by atoms with Crippen LogP contribution in [0.15, 0.2) is 109 Å². The van der Waals surface area contributed by atoms with Gasteiger partial charge in [-0.2, -0.15) is 0 Å². The number of halogens is 1. The lowest BCUT2D eigenvalue weighted by atomic mass is 9.92. The van der Waals surface area contributed by atoms with Gasteiger partial charge in [-0.05, 0) is 109 Å². The summed E-state index contributed by atoms with van der Waals surface area (Å²) < 4.78 is 25.6. The van der Waals surface area contributed by atoms with E-state index in [9.17, 15) is 8.42 Å². The van der Waals surface area contributed by atoms with Crippen molar-refractivity contribution >= 4 is 33.8 Å². The van der Waals surface area contributed by atoms with Gasteiger partial charge in [0.1, 0.15) is 0 Å². The maximum absolute atomic E-state index is 11.5. The van der Waals surface area contributed by atoms with Crippen molar-refractivity contribution in [2.24, 2.45) is 23.7 Å². The van der Waals surface area contributed by atoms with E-state index < -0.39 is 10.0 Å². The number of nitrogens with zero attached hydrogens (tertiary/aromatic N) is 2. The monoisotopic (exact) mass is 742 g/mol. The highest BCUT2D eigenvalue weighted by molar-refractivity contribution is 7.92. The van der Waals surface area contributed by atoms with Gasteiger partial charge in [0.25, 0.3) is 0 Å². The maximum atomic E-state index is 11.5. The van der Waals surface area contributed by atoms with Gasteiger partial charge in [0.05, 0.1) is 6.26 Å². The molecule has 4 aromatic rings. The van der Waals surface area contributed by atoms with Gasteiger partial charge in [0, 0.05) is 48.4 Å². The Morgan fingerprint density at radius 1 is 0.654 bits per heavy atom. The van der Waals surface area contributed by atoms with Crippen molar-refractivity contribution in [3.63, 3.8) is 0 Å². The molecule has 2 saturated carbocycles. The predicted octanol–water partition coefficient (Wildman–Crippen LogP) is 8.29. The van der Waals surface area contributed by atoms with Crippen LogP contribution in [0, 0.1) is 23.7 Å². The number of nitrogens with one attached hydrogen (secondary N) is 1. The summed E-state index contributed by atoms with van der Waals surface area (Å²) in [5, 5.41) is 0. The number of hydrogen-bond acceptors (Lipinski definition) is 5. The number of nitrogen functional groups attached to an aromatic ring is 1. The molecule has 4 aliphatic rings. The zero-order chi connectivity index (χ0) is 34.9. The smallest absolute Gasteiger partial charge is 0.229 e. The summed E-state index contributed by atoms with van der Waals surface area (Å²) in [7, 11) is -3.24. The van der Waals surface area contributed by atoms with Crippen LogP contribution in [0.1, 0.15) is 56.4 Å². The zero-order valence-electron chi connectivity index (χ0n) is 30.4. The summed E-state index contributed by atoms with van der Waals surface area (Å²) in [6.45, 7) is 12.0. The lowest BCUT2D eigenvalue weighted by Crippen LogP contribution is -2.30. The Morgan fingerprint density at radius 2 is 1.08 bits per heavy atom. The zero-order valence-corrected chi connectivity index (χ0v) is 32.0. The van der Waals surface area contributed by atoms with Crippen LogP contribution < -0.4 is 10.5 Å². The minimum absolute atomic E-state index is 0. The second-order valence-electron chi connectivity index (χ2n) is 15.8. The molecule has 2 aliphatic heterocycles. The van der Waals surface area contributed by atoms with Gasteiger partial charge >= 0.3 is 0 Å². The molecule has 0 radical (unpaired) electrons. The van der Waals surface area contributed by atoms with Gasteiger partial charge in [0.15, 0.2) is 0 Å². The third-order valence-corrected chi connectivity index (χ3v) is 13.1. The summed E-state index contributed by atoms with van der Waals surface area (Å²) >= 11 is 0. The van der Waals surface area contributed by atoms with Crippen molar-refractivity contribution in [2.75, 3.05) is 56.0 Å². The fourth-order valence-corrected chi connectivity index (χ4v) is 10.0. The normalized spacial score (nSPS) is 27.2. The summed E-state index contributed by atoms with van der Waals surface area (Å²) in [5.41, 5.74) is 13.7. The molecule has 4 aromatic carbocycles. The molecule has 0 aromatic heterocycles. The van der Waals surface area contributed by atoms with Crippen LogP contribution in [-0.4, -0.2) is 63.7 Å². The van der Waals surface area contributed by atoms with Crippen LogP contribution in [-0.2, 0) is 33.7 Å². The Labute approximate surface area is 319 Å². The van der Waals surface area contributed by atoms with Crippen LogP contribution >= 0.6 is 12.4 Å². The van der Waals surface area contributed by atoms with Crippen molar-refractivity contribution in [1.82, 2.24) is 9.80 Å². The average Bonchev–Trinajstić information content (AvgIpc) is 3.58. The standard InChI is InChI=1S/C22H28N2O2S.C21H26N2.CH4.ClH/c1-22(18-11-6-12-19(14-18)23-27(2,25)26)20-15-24(16-21(20)22)13-7-10-17-8-4-3-5-9-17;1-21(17-10-5-11-18(22)13-17)19-14-23(15-20(19)21)12-6-9-16-7-3-2-4-8-16;;/h3-6,8-9,11-12,14,20-21,23H,7,10,13,15-16H2,1-2H3;2-5,7-8,10-11,13,19-20H,6,9,12,14-15,22H2,1H3;1H4;1H. The largest absolute Gasteiger partial charge is 0.399 e. The third kappa shape index (κ3) is 8.71. The minimum Gasteiger partial charge on any atom is -0.399 e. The second kappa shape index (κ2) is 16.3. The van der Waals surface area contributed by atoms with E-state index in [1.54, 1.807) is 0 Å². The van der Waals surface area contributed by atoms with E-state index in [0.717, 1.165) is 43.6 Å². The quantitative estimate of drug-likeness (QED) is 0.143. The maximum Gasteiger partial charge on any atom is 0.229 e. The number of fused-ring (bicyclic) bond motifs is 2. The van der Waals surface area contributed by atoms with Gasteiger partial charge in [-0.15, -0.1) is 12.4 Å². The van der Waals surface area contributed by atoms with E-state index in [2.05, 4.69) is 113 Å². The number of hydrogen-bond donors (Lipinski definition) is 2. The van der Waals surface area contributed by atoms with Crippen molar-refractivity contribution in [1.29, 1.82) is 0 Å². The first-order valence-corrected chi connectivity index (χ1v) is 20.4. The van der Waals surface area contributed by atoms with E-state index in [1.807, 2.05) is 24.3 Å². The Morgan fingerprint density at radius 3 is 1.50 bits per heavy atom. The van der Waals surface area contributed by atoms with Crippen molar-refractivity contribution in [2.45, 2.75) is 57.8 Å². The number of nitrogens with two attached hydrogens (primary N) is 1. The molecule has 2 heterocycles. The molecule has 280 valence electrons. The number of anilines is 2. The predicted molar refractivity (Wildman–Crippen MR) is 221 cm³/mol. The van der Waals surface area contributed by atoms with E-state index in [-0.39, 0.29) is 25.2 Å². The SMILES string of the molecule is C.CC1(c2cccc(N)c2)C2CN(CCCc3ccccc3)CC21.CC1(c2cccc(NS(C)(=O)=O)c2)C2CN(CCCc3ccccc3)CC21.Cl. The number of piperidine rings is 2. The van der Waals surface area contributed by atoms with E-state index in [1.165, 1.54) is 67.4 Å². The molecular weight excluding hydrogens is 684 g/mol. The number of aryl methyl sites for hydroxylation is 2. The van der Waals surface area contributed by atoms with Crippen LogP contribution in [0.25, 0.3) is 0 Å². The van der Waals surface area contributed by atoms with Crippen LogP contribution in [0.5, 0.6) is 0 Å². The van der Waals surface area contributed by atoms with Gasteiger partial charge in [-0.3, -0.25) is 4.72 Å². The van der Waals surface area contributed by atoms with Crippen LogP contribution in [0.3, 0.4) is 0 Å². The molecular formula is C44H59ClN4O2S. The molecule has 4 atom stereocenters. The molecule has 52 heavy (non-hydrogen) atoms. The van der Waals surface area contributed by atoms with Crippen molar-refractivity contribution < 1.29 is 8.42 Å². The fraction of sp³-hybridized carbons (Fsp3) is 0.455. The molecule has 8 rings (SSSR count). The number of benzene rings is 4. The van der Waals surface area contributed by atoms with E-state index in [4.69, 9.17) is 5.73 Å². The van der Waals surface area contributed by atoms with Gasteiger partial charge in [-0.1, -0.05) is 106 Å². The second-order valence-corrected chi connectivity index (χ2v) is 17.5. The highest BCUT2D eigenvalue weighted by Crippen LogP contribution is 2.64. The number of rotatable bonds is 12. The van der Waals surface area contributed by atoms with Gasteiger partial charge < -0.3 is 15.5 Å². The first kappa shape index (κ1) is 39.8. The topological polar surface area (TPSA) is 78.7 Å². The molecule has 6 nitrogen and oxygen atoms in total. The molecule has 0 bridgehead atoms. The average molecular weight is 744 g/mol. The fourth-order valence-electron chi connectivity index (χ4n) is 9.46. The highest BCUT2D eigenvalue weighted by Gasteiger charge is 2.66. The lowest BCUT2D eigenvalue weighted by molar-refractivity contribution is 0.274. The minimum atomic E-state index is -3.24. The van der Waals surface area contributed by atoms with E-state index >= 15 is 0 Å². The number of likely N-dealkylation sites (tertiary alicyclic amines) is 2. The molecule has 0 spiro atoms. The Kier molecular flexibility index (Phi) is 12.5. The van der Waals surface area contributed by atoms with Crippen molar-refractivity contribution in [3.8, 4) is 0 Å². The molecule has 2 saturated heterocycles. The van der Waals surface area contributed by atoms with Crippen LogP contribution in [0.4, 0.5) is 11.4 Å². The summed E-state index contributed by atoms with van der Waals surface area (Å²) in [6, 6.07) is 38.0. The van der Waals surface area contributed by atoms with Crippen LogP contribution in [0.2, 0.25) is 0 Å². The first-order chi connectivity index (χ1) is 24.0. The third-order valence-electron chi connectivity index (χ3n) is 12.5. The molecule has 8 heteroatoms. The lowest BCUT2D eigenvalue weighted by Gasteiger charge is -2.24.